The lowest BCUT2D eigenvalue weighted by atomic mass is 9.56. The molecule has 0 aromatic heterocycles. The summed E-state index contributed by atoms with van der Waals surface area (Å²) < 4.78 is 7.04. The number of rotatable bonds is 1. The number of methoxy groups -OCH3 is 1. The number of aryl methyl sites for hydroxylation is 1. The van der Waals surface area contributed by atoms with Gasteiger partial charge in [-0.2, -0.15) is 0 Å². The lowest BCUT2D eigenvalue weighted by molar-refractivity contribution is 0.0815. The maximum absolute atomic E-state index is 5.41. The molecule has 0 saturated heterocycles. The highest BCUT2D eigenvalue weighted by molar-refractivity contribution is 14.1. The summed E-state index contributed by atoms with van der Waals surface area (Å²) in [5.41, 5.74) is 3.64. The summed E-state index contributed by atoms with van der Waals surface area (Å²) in [7, 11) is 1.77. The van der Waals surface area contributed by atoms with E-state index in [0.717, 1.165) is 23.5 Å². The fourth-order valence-electron chi connectivity index (χ4n) is 5.20. The summed E-state index contributed by atoms with van der Waals surface area (Å²) >= 11 is 2.60. The van der Waals surface area contributed by atoms with E-state index in [-0.39, 0.29) is 0 Å². The van der Waals surface area contributed by atoms with E-state index in [1.807, 2.05) is 0 Å². The average molecular weight is 394 g/mol. The van der Waals surface area contributed by atoms with Crippen molar-refractivity contribution in [3.05, 3.63) is 39.0 Å². The number of hydrogen-bond donors (Lipinski definition) is 0. The Bertz CT molecular complexity index is 606. The van der Waals surface area contributed by atoms with Crippen LogP contribution in [0.1, 0.15) is 49.7 Å². The van der Waals surface area contributed by atoms with Crippen molar-refractivity contribution in [2.75, 3.05) is 7.11 Å². The summed E-state index contributed by atoms with van der Waals surface area (Å²) in [6.07, 6.45) is 9.13. The predicted molar refractivity (Wildman–Crippen MR) is 95.1 cm³/mol. The van der Waals surface area contributed by atoms with Crippen LogP contribution in [0.5, 0.6) is 5.75 Å². The maximum atomic E-state index is 5.41. The molecule has 1 aromatic rings. The minimum absolute atomic E-state index is 0.478. The fourth-order valence-corrected chi connectivity index (χ4v) is 6.12. The van der Waals surface area contributed by atoms with E-state index in [4.69, 9.17) is 4.74 Å². The molecule has 2 unspecified atom stereocenters. The minimum atomic E-state index is 0.478. The van der Waals surface area contributed by atoms with E-state index in [2.05, 4.69) is 53.8 Å². The first-order valence-electron chi connectivity index (χ1n) is 8.16. The standard InChI is InChI=1S/C19H23IO/c1-19-10-9-15-14-6-4-13(21-2)11-12(14)3-5-16(15)17(19)7-8-18(19)20/h4,6,8,11,15-17H,3,5,7,9-10H2,1-2H3/t15?,16?,17-,19-/m0/s1. The number of benzene rings is 1. The van der Waals surface area contributed by atoms with Crippen molar-refractivity contribution < 1.29 is 4.74 Å². The van der Waals surface area contributed by atoms with Crippen molar-refractivity contribution in [3.8, 4) is 5.75 Å². The van der Waals surface area contributed by atoms with Crippen molar-refractivity contribution in [1.29, 1.82) is 0 Å². The first kappa shape index (κ1) is 14.1. The maximum Gasteiger partial charge on any atom is 0.119 e. The molecule has 0 spiro atoms. The molecule has 1 nitrogen and oxygen atoms in total. The zero-order chi connectivity index (χ0) is 14.6. The van der Waals surface area contributed by atoms with Crippen LogP contribution in [0.25, 0.3) is 0 Å². The van der Waals surface area contributed by atoms with Gasteiger partial charge in [-0.15, -0.1) is 0 Å². The lowest BCUT2D eigenvalue weighted by Gasteiger charge is -2.49. The van der Waals surface area contributed by atoms with Gasteiger partial charge in [-0.05, 0) is 99.3 Å². The van der Waals surface area contributed by atoms with Crippen LogP contribution in [0, 0.1) is 17.3 Å². The minimum Gasteiger partial charge on any atom is -0.497 e. The van der Waals surface area contributed by atoms with Crippen LogP contribution in [-0.4, -0.2) is 7.11 Å². The molecule has 1 fully saturated rings. The number of ether oxygens (including phenoxy) is 1. The fraction of sp³-hybridized carbons (Fsp3) is 0.579. The number of halogens is 1. The van der Waals surface area contributed by atoms with Gasteiger partial charge in [0.1, 0.15) is 5.75 Å². The summed E-state index contributed by atoms with van der Waals surface area (Å²) in [5.74, 6) is 3.56. The van der Waals surface area contributed by atoms with Gasteiger partial charge < -0.3 is 4.74 Å². The molecule has 2 heteroatoms. The van der Waals surface area contributed by atoms with Crippen LogP contribution in [0.4, 0.5) is 0 Å². The van der Waals surface area contributed by atoms with Crippen molar-refractivity contribution in [2.24, 2.45) is 17.3 Å². The number of hydrogen-bond acceptors (Lipinski definition) is 1. The Balaban J connectivity index is 1.69. The summed E-state index contributed by atoms with van der Waals surface area (Å²) in [6, 6.07) is 6.78. The second kappa shape index (κ2) is 5.00. The van der Waals surface area contributed by atoms with E-state index in [1.54, 1.807) is 21.8 Å². The van der Waals surface area contributed by atoms with Crippen LogP contribution in [0.3, 0.4) is 0 Å². The van der Waals surface area contributed by atoms with Crippen molar-refractivity contribution >= 4 is 22.6 Å². The molecule has 0 heterocycles. The van der Waals surface area contributed by atoms with Gasteiger partial charge in [-0.3, -0.25) is 0 Å². The Hall–Kier alpha value is -0.510. The summed E-state index contributed by atoms with van der Waals surface area (Å²) in [5, 5.41) is 0. The van der Waals surface area contributed by atoms with E-state index < -0.39 is 0 Å². The normalized spacial score (nSPS) is 37.3. The molecular formula is C19H23IO. The smallest absolute Gasteiger partial charge is 0.119 e. The molecule has 21 heavy (non-hydrogen) atoms. The Morgan fingerprint density at radius 2 is 2.14 bits per heavy atom. The van der Waals surface area contributed by atoms with Crippen molar-refractivity contribution in [1.82, 2.24) is 0 Å². The van der Waals surface area contributed by atoms with Crippen LogP contribution in [-0.2, 0) is 6.42 Å². The molecular weight excluding hydrogens is 371 g/mol. The Kier molecular flexibility index (Phi) is 3.36. The second-order valence-electron chi connectivity index (χ2n) is 7.22. The van der Waals surface area contributed by atoms with Crippen LogP contribution < -0.4 is 4.74 Å². The first-order chi connectivity index (χ1) is 10.1. The second-order valence-corrected chi connectivity index (χ2v) is 8.39. The van der Waals surface area contributed by atoms with Gasteiger partial charge >= 0.3 is 0 Å². The van der Waals surface area contributed by atoms with Crippen LogP contribution in [0.2, 0.25) is 0 Å². The third-order valence-corrected chi connectivity index (χ3v) is 8.09. The first-order valence-corrected chi connectivity index (χ1v) is 9.24. The summed E-state index contributed by atoms with van der Waals surface area (Å²) in [4.78, 5) is 0. The van der Waals surface area contributed by atoms with E-state index >= 15 is 0 Å². The molecule has 0 N–H and O–H groups in total. The molecule has 4 rings (SSSR count). The number of fused-ring (bicyclic) bond motifs is 5. The highest BCUT2D eigenvalue weighted by Crippen LogP contribution is 2.62. The highest BCUT2D eigenvalue weighted by atomic mass is 127. The Morgan fingerprint density at radius 1 is 1.29 bits per heavy atom. The monoisotopic (exact) mass is 394 g/mol. The third-order valence-electron chi connectivity index (χ3n) is 6.42. The molecule has 0 amide bonds. The lowest BCUT2D eigenvalue weighted by Crippen LogP contribution is -2.40. The van der Waals surface area contributed by atoms with Gasteiger partial charge in [0, 0.05) is 5.41 Å². The van der Waals surface area contributed by atoms with Crippen molar-refractivity contribution in [2.45, 2.75) is 44.9 Å². The zero-order valence-electron chi connectivity index (χ0n) is 12.9. The van der Waals surface area contributed by atoms with Gasteiger partial charge in [-0.1, -0.05) is 19.1 Å². The largest absolute Gasteiger partial charge is 0.497 e. The molecule has 4 atom stereocenters. The molecule has 0 aliphatic heterocycles. The molecule has 0 bridgehead atoms. The number of allylic oxidation sites excluding steroid dienone is 2. The van der Waals surface area contributed by atoms with Gasteiger partial charge in [-0.25, -0.2) is 0 Å². The summed E-state index contributed by atoms with van der Waals surface area (Å²) in [6.45, 7) is 2.52. The topological polar surface area (TPSA) is 9.23 Å². The van der Waals surface area contributed by atoms with Gasteiger partial charge in [0.15, 0.2) is 0 Å². The third kappa shape index (κ3) is 2.01. The molecule has 3 aliphatic carbocycles. The SMILES string of the molecule is COc1ccc2c(c1)CCC1C2CC[C@]2(C)C(I)=CC[C@@H]12. The van der Waals surface area contributed by atoms with E-state index in [0.29, 0.717) is 5.41 Å². The van der Waals surface area contributed by atoms with Crippen LogP contribution >= 0.6 is 22.6 Å². The molecule has 1 saturated carbocycles. The predicted octanol–water partition coefficient (Wildman–Crippen LogP) is 5.48. The quantitative estimate of drug-likeness (QED) is 0.573. The average Bonchev–Trinajstić information content (AvgIpc) is 2.82. The molecule has 1 aromatic carbocycles. The zero-order valence-corrected chi connectivity index (χ0v) is 15.0. The van der Waals surface area contributed by atoms with E-state index in [1.165, 1.54) is 32.1 Å². The van der Waals surface area contributed by atoms with Crippen molar-refractivity contribution in [3.63, 3.8) is 0 Å². The Morgan fingerprint density at radius 3 is 2.95 bits per heavy atom. The highest BCUT2D eigenvalue weighted by Gasteiger charge is 2.51. The van der Waals surface area contributed by atoms with Crippen LogP contribution in [0.15, 0.2) is 27.9 Å². The molecule has 0 radical (unpaired) electrons. The van der Waals surface area contributed by atoms with Gasteiger partial charge in [0.05, 0.1) is 7.11 Å². The molecule has 3 aliphatic rings. The Labute approximate surface area is 141 Å². The van der Waals surface area contributed by atoms with E-state index in [9.17, 15) is 0 Å². The molecule has 112 valence electrons. The van der Waals surface area contributed by atoms with Gasteiger partial charge in [0.25, 0.3) is 0 Å². The van der Waals surface area contributed by atoms with Gasteiger partial charge in [0.2, 0.25) is 0 Å².